The summed E-state index contributed by atoms with van der Waals surface area (Å²) in [5.41, 5.74) is 1.95. The maximum atomic E-state index is 12.5. The lowest BCUT2D eigenvalue weighted by Crippen LogP contribution is -2.24. The molecule has 0 saturated heterocycles. The van der Waals surface area contributed by atoms with Crippen molar-refractivity contribution in [2.75, 3.05) is 6.61 Å². The molecule has 0 spiro atoms. The van der Waals surface area contributed by atoms with Gasteiger partial charge in [0.1, 0.15) is 5.75 Å². The molecule has 1 N–H and O–H groups in total. The second-order valence-corrected chi connectivity index (χ2v) is 5.71. The van der Waals surface area contributed by atoms with E-state index in [2.05, 4.69) is 10.5 Å². The molecule has 0 atom stereocenters. The topological polar surface area (TPSA) is 50.7 Å². The average molecular weight is 372 g/mol. The van der Waals surface area contributed by atoms with Crippen molar-refractivity contribution in [3.63, 3.8) is 0 Å². The van der Waals surface area contributed by atoms with Gasteiger partial charge in [-0.05, 0) is 40.6 Å². The van der Waals surface area contributed by atoms with Crippen LogP contribution in [-0.4, -0.2) is 18.7 Å². The number of rotatable bonds is 5. The number of carbonyl (C=O) groups excluding carboxylic acids is 1. The zero-order chi connectivity index (χ0) is 19.3. The molecule has 1 amide bonds. The van der Waals surface area contributed by atoms with Crippen LogP contribution in [0.3, 0.4) is 0 Å². The molecule has 0 aromatic heterocycles. The minimum absolute atomic E-state index is 0.233. The molecule has 0 saturated carbocycles. The summed E-state index contributed by atoms with van der Waals surface area (Å²) in [6, 6.07) is 17.7. The fourth-order valence-electron chi connectivity index (χ4n) is 2.38. The van der Waals surface area contributed by atoms with E-state index in [1.807, 2.05) is 36.4 Å². The lowest BCUT2D eigenvalue weighted by Gasteiger charge is -2.07. The van der Waals surface area contributed by atoms with E-state index >= 15 is 0 Å². The highest BCUT2D eigenvalue weighted by Gasteiger charge is 2.29. The third-order valence-corrected chi connectivity index (χ3v) is 3.73. The smallest absolute Gasteiger partial charge is 0.416 e. The summed E-state index contributed by atoms with van der Waals surface area (Å²) in [6.07, 6.45) is -3.13. The fraction of sp³-hybridized carbons (Fsp3) is 0.100. The Morgan fingerprint density at radius 3 is 2.41 bits per heavy atom. The number of alkyl halides is 3. The number of nitrogens with one attached hydrogen (secondary N) is 1. The van der Waals surface area contributed by atoms with Crippen LogP contribution in [0.5, 0.6) is 5.75 Å². The van der Waals surface area contributed by atoms with Crippen molar-refractivity contribution in [2.24, 2.45) is 5.10 Å². The number of hydrazone groups is 1. The third kappa shape index (κ3) is 5.07. The molecule has 3 aromatic carbocycles. The Bertz CT molecular complexity index is 967. The van der Waals surface area contributed by atoms with E-state index in [-0.39, 0.29) is 6.61 Å². The van der Waals surface area contributed by atoms with Crippen molar-refractivity contribution in [3.8, 4) is 5.75 Å². The summed E-state index contributed by atoms with van der Waals surface area (Å²) in [6.45, 7) is -0.233. The SMILES string of the molecule is O=C(COc1ccc2ccccc2c1)N/N=C/c1ccc(C(F)(F)F)cc1. The van der Waals surface area contributed by atoms with E-state index in [1.54, 1.807) is 6.07 Å². The van der Waals surface area contributed by atoms with Crippen LogP contribution in [0.25, 0.3) is 10.8 Å². The van der Waals surface area contributed by atoms with Crippen molar-refractivity contribution >= 4 is 22.9 Å². The highest BCUT2D eigenvalue weighted by Crippen LogP contribution is 2.28. The molecule has 0 radical (unpaired) electrons. The fourth-order valence-corrected chi connectivity index (χ4v) is 2.38. The summed E-state index contributed by atoms with van der Waals surface area (Å²) in [5.74, 6) is 0.0712. The summed E-state index contributed by atoms with van der Waals surface area (Å²) >= 11 is 0. The van der Waals surface area contributed by atoms with Gasteiger partial charge in [-0.3, -0.25) is 4.79 Å². The Morgan fingerprint density at radius 1 is 1.00 bits per heavy atom. The normalized spacial score (nSPS) is 11.7. The molecular weight excluding hydrogens is 357 g/mol. The van der Waals surface area contributed by atoms with Gasteiger partial charge in [-0.15, -0.1) is 0 Å². The van der Waals surface area contributed by atoms with Crippen LogP contribution < -0.4 is 10.2 Å². The van der Waals surface area contributed by atoms with Crippen LogP contribution in [0.4, 0.5) is 13.2 Å². The largest absolute Gasteiger partial charge is 0.484 e. The van der Waals surface area contributed by atoms with Crippen LogP contribution in [0, 0.1) is 0 Å². The molecule has 0 aliphatic carbocycles. The van der Waals surface area contributed by atoms with Crippen molar-refractivity contribution in [2.45, 2.75) is 6.18 Å². The number of halogens is 3. The lowest BCUT2D eigenvalue weighted by molar-refractivity contribution is -0.137. The molecule has 3 aromatic rings. The number of ether oxygens (including phenoxy) is 1. The summed E-state index contributed by atoms with van der Waals surface area (Å²) in [7, 11) is 0. The van der Waals surface area contributed by atoms with Crippen LogP contribution >= 0.6 is 0 Å². The van der Waals surface area contributed by atoms with Crippen LogP contribution in [0.15, 0.2) is 71.8 Å². The number of hydrogen-bond acceptors (Lipinski definition) is 3. The van der Waals surface area contributed by atoms with E-state index in [9.17, 15) is 18.0 Å². The van der Waals surface area contributed by atoms with E-state index in [1.165, 1.54) is 18.3 Å². The molecule has 0 unspecified atom stereocenters. The monoisotopic (exact) mass is 372 g/mol. The maximum absolute atomic E-state index is 12.5. The third-order valence-electron chi connectivity index (χ3n) is 3.73. The van der Waals surface area contributed by atoms with Gasteiger partial charge in [0, 0.05) is 0 Å². The quantitative estimate of drug-likeness (QED) is 0.534. The van der Waals surface area contributed by atoms with Gasteiger partial charge in [-0.25, -0.2) is 5.43 Å². The van der Waals surface area contributed by atoms with Gasteiger partial charge >= 0.3 is 6.18 Å². The molecule has 0 heterocycles. The Kier molecular flexibility index (Phi) is 5.40. The minimum atomic E-state index is -4.38. The standard InChI is InChI=1S/C20H15F3N2O2/c21-20(22,23)17-8-5-14(6-9-17)12-24-25-19(26)13-27-18-10-7-15-3-1-2-4-16(15)11-18/h1-12H,13H2,(H,25,26)/b24-12+. The Hall–Kier alpha value is -3.35. The zero-order valence-corrected chi connectivity index (χ0v) is 14.0. The van der Waals surface area contributed by atoms with Crippen molar-refractivity contribution in [1.29, 1.82) is 0 Å². The van der Waals surface area contributed by atoms with Gasteiger partial charge in [0.2, 0.25) is 0 Å². The van der Waals surface area contributed by atoms with Gasteiger partial charge in [-0.2, -0.15) is 18.3 Å². The van der Waals surface area contributed by atoms with E-state index in [4.69, 9.17) is 4.74 Å². The second kappa shape index (κ2) is 7.90. The summed E-state index contributed by atoms with van der Waals surface area (Å²) < 4.78 is 42.9. The van der Waals surface area contributed by atoms with Crippen molar-refractivity contribution in [1.82, 2.24) is 5.43 Å². The van der Waals surface area contributed by atoms with E-state index in [0.29, 0.717) is 11.3 Å². The van der Waals surface area contributed by atoms with Gasteiger partial charge in [0.15, 0.2) is 6.61 Å². The lowest BCUT2D eigenvalue weighted by atomic mass is 10.1. The Labute approximate surface area is 153 Å². The van der Waals surface area contributed by atoms with Crippen molar-refractivity contribution < 1.29 is 22.7 Å². The molecule has 0 aliphatic heterocycles. The number of nitrogens with zero attached hydrogens (tertiary/aromatic N) is 1. The maximum Gasteiger partial charge on any atom is 0.416 e. The molecule has 3 rings (SSSR count). The molecular formula is C20H15F3N2O2. The molecule has 0 fully saturated rings. The molecule has 0 bridgehead atoms. The number of hydrogen-bond donors (Lipinski definition) is 1. The predicted octanol–water partition coefficient (Wildman–Crippen LogP) is 4.39. The number of amides is 1. The Balaban J connectivity index is 1.50. The Morgan fingerprint density at radius 2 is 1.70 bits per heavy atom. The van der Waals surface area contributed by atoms with Gasteiger partial charge in [0.25, 0.3) is 5.91 Å². The molecule has 27 heavy (non-hydrogen) atoms. The highest BCUT2D eigenvalue weighted by atomic mass is 19.4. The molecule has 4 nitrogen and oxygen atoms in total. The first-order chi connectivity index (χ1) is 12.9. The van der Waals surface area contributed by atoms with Crippen molar-refractivity contribution in [3.05, 3.63) is 77.9 Å². The summed E-state index contributed by atoms with van der Waals surface area (Å²) in [5, 5.41) is 5.77. The second-order valence-electron chi connectivity index (χ2n) is 5.71. The first kappa shape index (κ1) is 18.4. The predicted molar refractivity (Wildman–Crippen MR) is 96.6 cm³/mol. The van der Waals surface area contributed by atoms with Gasteiger partial charge in [-0.1, -0.05) is 42.5 Å². The average Bonchev–Trinajstić information content (AvgIpc) is 2.66. The van der Waals surface area contributed by atoms with Crippen LogP contribution in [-0.2, 0) is 11.0 Å². The molecule has 138 valence electrons. The number of carbonyl (C=O) groups is 1. The van der Waals surface area contributed by atoms with Crippen LogP contribution in [0.2, 0.25) is 0 Å². The van der Waals surface area contributed by atoms with E-state index < -0.39 is 17.6 Å². The molecule has 0 aliphatic rings. The summed E-state index contributed by atoms with van der Waals surface area (Å²) in [4.78, 5) is 11.8. The number of fused-ring (bicyclic) bond motifs is 1. The number of benzene rings is 3. The minimum Gasteiger partial charge on any atom is -0.484 e. The highest BCUT2D eigenvalue weighted by molar-refractivity contribution is 5.84. The van der Waals surface area contributed by atoms with Gasteiger partial charge in [0.05, 0.1) is 11.8 Å². The van der Waals surface area contributed by atoms with E-state index in [0.717, 1.165) is 22.9 Å². The first-order valence-corrected chi connectivity index (χ1v) is 8.02. The molecule has 7 heteroatoms. The van der Waals surface area contributed by atoms with Gasteiger partial charge < -0.3 is 4.74 Å². The van der Waals surface area contributed by atoms with Crippen LogP contribution in [0.1, 0.15) is 11.1 Å². The first-order valence-electron chi connectivity index (χ1n) is 8.02. The zero-order valence-electron chi connectivity index (χ0n) is 14.0.